The van der Waals surface area contributed by atoms with Crippen molar-refractivity contribution in [2.24, 2.45) is 0 Å². The zero-order valence-electron chi connectivity index (χ0n) is 15.5. The first kappa shape index (κ1) is 19.9. The Morgan fingerprint density at radius 1 is 1.03 bits per heavy atom. The fraction of sp³-hybridized carbons (Fsp3) is 0.300. The maximum atomic E-state index is 13.1. The van der Waals surface area contributed by atoms with Crippen LogP contribution in [0.2, 0.25) is 5.02 Å². The number of nitrogens with one attached hydrogen (secondary N) is 1. The molecule has 9 heteroatoms. The number of rotatable bonds is 3. The molecule has 0 saturated carbocycles. The number of carbonyl (C=O) groups is 2. The molecule has 2 aliphatic rings. The molecule has 1 saturated heterocycles. The van der Waals surface area contributed by atoms with Gasteiger partial charge in [-0.25, -0.2) is 8.42 Å². The minimum absolute atomic E-state index is 0.0941. The van der Waals surface area contributed by atoms with Gasteiger partial charge in [-0.15, -0.1) is 0 Å². The number of para-hydroxylation sites is 1. The summed E-state index contributed by atoms with van der Waals surface area (Å²) in [5.41, 5.74) is 1.45. The van der Waals surface area contributed by atoms with Crippen molar-refractivity contribution in [3.63, 3.8) is 0 Å². The fourth-order valence-corrected chi connectivity index (χ4v) is 5.50. The molecule has 0 aromatic heterocycles. The highest BCUT2D eigenvalue weighted by atomic mass is 35.5. The predicted octanol–water partition coefficient (Wildman–Crippen LogP) is 2.30. The van der Waals surface area contributed by atoms with Crippen LogP contribution in [-0.2, 0) is 19.6 Å². The smallest absolute Gasteiger partial charge is 0.243 e. The lowest BCUT2D eigenvalue weighted by molar-refractivity contribution is -0.136. The Bertz CT molecular complexity index is 1060. The largest absolute Gasteiger partial charge is 0.340 e. The van der Waals surface area contributed by atoms with Crippen LogP contribution in [0.25, 0.3) is 0 Å². The van der Waals surface area contributed by atoms with E-state index in [4.69, 9.17) is 11.6 Å². The van der Waals surface area contributed by atoms with Gasteiger partial charge in [-0.3, -0.25) is 9.59 Å². The number of benzene rings is 2. The molecule has 0 bridgehead atoms. The third-order valence-electron chi connectivity index (χ3n) is 5.28. The molecule has 2 aromatic carbocycles. The number of hydrogen-bond acceptors (Lipinski definition) is 4. The second-order valence-corrected chi connectivity index (χ2v) is 9.45. The lowest BCUT2D eigenvalue weighted by atomic mass is 9.89. The minimum atomic E-state index is -3.67. The first-order valence-electron chi connectivity index (χ1n) is 9.29. The lowest BCUT2D eigenvalue weighted by Gasteiger charge is -2.36. The van der Waals surface area contributed by atoms with Gasteiger partial charge in [0.1, 0.15) is 0 Å². The van der Waals surface area contributed by atoms with Crippen molar-refractivity contribution in [1.82, 2.24) is 9.21 Å². The van der Waals surface area contributed by atoms with Gasteiger partial charge in [0.05, 0.1) is 10.8 Å². The van der Waals surface area contributed by atoms with E-state index in [1.807, 2.05) is 18.2 Å². The molecule has 4 rings (SSSR count). The van der Waals surface area contributed by atoms with Crippen LogP contribution in [0.4, 0.5) is 5.69 Å². The molecule has 2 aliphatic heterocycles. The number of sulfonamides is 1. The molecule has 0 aliphatic carbocycles. The molecule has 152 valence electrons. The van der Waals surface area contributed by atoms with Gasteiger partial charge in [0.2, 0.25) is 21.8 Å². The van der Waals surface area contributed by atoms with Crippen molar-refractivity contribution in [3.8, 4) is 0 Å². The fourth-order valence-electron chi connectivity index (χ4n) is 3.78. The molecular weight excluding hydrogens is 414 g/mol. The molecular formula is C20H20ClN3O4S. The van der Waals surface area contributed by atoms with Crippen LogP contribution in [-0.4, -0.2) is 55.6 Å². The molecule has 29 heavy (non-hydrogen) atoms. The van der Waals surface area contributed by atoms with E-state index in [1.165, 1.54) is 16.4 Å². The second kappa shape index (κ2) is 7.78. The Morgan fingerprint density at radius 2 is 1.76 bits per heavy atom. The molecule has 2 aromatic rings. The predicted molar refractivity (Wildman–Crippen MR) is 109 cm³/mol. The Labute approximate surface area is 174 Å². The summed E-state index contributed by atoms with van der Waals surface area (Å²) in [6.45, 7) is 0.945. The zero-order chi connectivity index (χ0) is 20.6. The summed E-state index contributed by atoms with van der Waals surface area (Å²) in [6, 6.07) is 13.4. The maximum Gasteiger partial charge on any atom is 0.243 e. The quantitative estimate of drug-likeness (QED) is 0.804. The van der Waals surface area contributed by atoms with Gasteiger partial charge < -0.3 is 10.2 Å². The molecule has 7 nitrogen and oxygen atoms in total. The van der Waals surface area contributed by atoms with Crippen molar-refractivity contribution >= 4 is 39.1 Å². The zero-order valence-corrected chi connectivity index (χ0v) is 17.1. The molecule has 0 unspecified atom stereocenters. The summed E-state index contributed by atoms with van der Waals surface area (Å²) in [5.74, 6) is -0.882. The molecule has 1 fully saturated rings. The average Bonchev–Trinajstić information content (AvgIpc) is 2.72. The van der Waals surface area contributed by atoms with Gasteiger partial charge in [-0.1, -0.05) is 35.9 Å². The third-order valence-corrected chi connectivity index (χ3v) is 7.41. The van der Waals surface area contributed by atoms with Gasteiger partial charge in [0.25, 0.3) is 0 Å². The van der Waals surface area contributed by atoms with E-state index >= 15 is 0 Å². The summed E-state index contributed by atoms with van der Waals surface area (Å²) >= 11 is 5.93. The van der Waals surface area contributed by atoms with E-state index in [9.17, 15) is 18.0 Å². The summed E-state index contributed by atoms with van der Waals surface area (Å²) in [6.07, 6.45) is 0.0941. The summed E-state index contributed by atoms with van der Waals surface area (Å²) in [5, 5.41) is 3.14. The minimum Gasteiger partial charge on any atom is -0.340 e. The number of hydrogen-bond donors (Lipinski definition) is 1. The molecule has 0 spiro atoms. The highest BCUT2D eigenvalue weighted by molar-refractivity contribution is 7.89. The van der Waals surface area contributed by atoms with E-state index in [0.29, 0.717) is 10.7 Å². The van der Waals surface area contributed by atoms with Crippen molar-refractivity contribution in [3.05, 3.63) is 59.1 Å². The van der Waals surface area contributed by atoms with E-state index in [1.54, 1.807) is 23.1 Å². The first-order chi connectivity index (χ1) is 13.9. The third kappa shape index (κ3) is 3.88. The molecule has 0 radical (unpaired) electrons. The number of halogens is 1. The van der Waals surface area contributed by atoms with Crippen molar-refractivity contribution < 1.29 is 18.0 Å². The summed E-state index contributed by atoms with van der Waals surface area (Å²) < 4.78 is 27.0. The Hall–Kier alpha value is -2.42. The van der Waals surface area contributed by atoms with Gasteiger partial charge >= 0.3 is 0 Å². The first-order valence-corrected chi connectivity index (χ1v) is 11.1. The normalized spacial score (nSPS) is 20.1. The monoisotopic (exact) mass is 433 g/mol. The Kier molecular flexibility index (Phi) is 5.33. The van der Waals surface area contributed by atoms with Crippen LogP contribution < -0.4 is 5.32 Å². The van der Waals surface area contributed by atoms with Gasteiger partial charge in [0.15, 0.2) is 0 Å². The number of anilines is 1. The van der Waals surface area contributed by atoms with E-state index in [-0.39, 0.29) is 49.3 Å². The van der Waals surface area contributed by atoms with Gasteiger partial charge in [0, 0.05) is 43.3 Å². The number of fused-ring (bicyclic) bond motifs is 1. The second-order valence-electron chi connectivity index (χ2n) is 7.08. The number of carbonyl (C=O) groups excluding carboxylic acids is 2. The average molecular weight is 434 g/mol. The lowest BCUT2D eigenvalue weighted by Crippen LogP contribution is -2.52. The Morgan fingerprint density at radius 3 is 2.48 bits per heavy atom. The van der Waals surface area contributed by atoms with Crippen LogP contribution in [0, 0.1) is 0 Å². The van der Waals surface area contributed by atoms with Crippen LogP contribution >= 0.6 is 11.6 Å². The standard InChI is InChI=1S/C20H20ClN3O4S/c21-14-4-3-5-15(12-14)29(27,28)24-10-8-23(9-11-24)20(26)17-13-19(25)22-18-7-2-1-6-16(17)18/h1-7,12,17H,8-11,13H2,(H,22,25)/t17-/m1/s1. The van der Waals surface area contributed by atoms with Gasteiger partial charge in [-0.2, -0.15) is 4.31 Å². The summed E-state index contributed by atoms with van der Waals surface area (Å²) in [7, 11) is -3.67. The number of piperazine rings is 1. The maximum absolute atomic E-state index is 13.1. The number of nitrogens with zero attached hydrogens (tertiary/aromatic N) is 2. The molecule has 2 amide bonds. The molecule has 2 heterocycles. The van der Waals surface area contributed by atoms with Crippen molar-refractivity contribution in [2.75, 3.05) is 31.5 Å². The van der Waals surface area contributed by atoms with Crippen LogP contribution in [0.5, 0.6) is 0 Å². The topological polar surface area (TPSA) is 86.8 Å². The van der Waals surface area contributed by atoms with Crippen LogP contribution in [0.3, 0.4) is 0 Å². The molecule has 1 N–H and O–H groups in total. The van der Waals surface area contributed by atoms with Crippen LogP contribution in [0.1, 0.15) is 17.9 Å². The highest BCUT2D eigenvalue weighted by Crippen LogP contribution is 2.33. The van der Waals surface area contributed by atoms with Crippen LogP contribution in [0.15, 0.2) is 53.4 Å². The summed E-state index contributed by atoms with van der Waals surface area (Å²) in [4.78, 5) is 26.9. The molecule has 1 atom stereocenters. The van der Waals surface area contributed by atoms with E-state index < -0.39 is 15.9 Å². The van der Waals surface area contributed by atoms with Gasteiger partial charge in [-0.05, 0) is 29.8 Å². The van der Waals surface area contributed by atoms with Crippen molar-refractivity contribution in [2.45, 2.75) is 17.2 Å². The van der Waals surface area contributed by atoms with E-state index in [0.717, 1.165) is 5.56 Å². The van der Waals surface area contributed by atoms with E-state index in [2.05, 4.69) is 5.32 Å². The van der Waals surface area contributed by atoms with Crippen molar-refractivity contribution in [1.29, 1.82) is 0 Å². The number of amides is 2. The highest BCUT2D eigenvalue weighted by Gasteiger charge is 2.36. The Balaban J connectivity index is 1.48. The SMILES string of the molecule is O=C1C[C@@H](C(=O)N2CCN(S(=O)(=O)c3cccc(Cl)c3)CC2)c2ccccc2N1.